The van der Waals surface area contributed by atoms with E-state index >= 15 is 0 Å². The summed E-state index contributed by atoms with van der Waals surface area (Å²) in [5, 5.41) is 6.69. The van der Waals surface area contributed by atoms with Gasteiger partial charge in [0.2, 0.25) is 12.2 Å². The Bertz CT molecular complexity index is 608. The molecule has 0 atom stereocenters. The molecule has 0 N–H and O–H groups in total. The van der Waals surface area contributed by atoms with Gasteiger partial charge in [-0.25, -0.2) is 0 Å². The maximum absolute atomic E-state index is 12.3. The SMILES string of the molecule is CON=COCc1ccc(-c2noc(C(F)(F)F)n2)cc1. The Morgan fingerprint density at radius 3 is 2.57 bits per heavy atom. The average molecular weight is 301 g/mol. The molecule has 9 heteroatoms. The van der Waals surface area contributed by atoms with Crippen LogP contribution in [0.1, 0.15) is 11.5 Å². The number of ether oxygens (including phenoxy) is 1. The number of hydrogen-bond donors (Lipinski definition) is 0. The topological polar surface area (TPSA) is 69.7 Å². The van der Waals surface area contributed by atoms with Gasteiger partial charge >= 0.3 is 12.1 Å². The highest BCUT2D eigenvalue weighted by atomic mass is 19.4. The Morgan fingerprint density at radius 1 is 1.29 bits per heavy atom. The summed E-state index contributed by atoms with van der Waals surface area (Å²) in [5.41, 5.74) is 1.20. The zero-order valence-electron chi connectivity index (χ0n) is 10.8. The standard InChI is InChI=1S/C12H10F3N3O3/c1-19-16-7-20-6-8-2-4-9(5-3-8)10-17-11(21-18-10)12(13,14)15/h2-5,7H,6H2,1H3. The summed E-state index contributed by atoms with van der Waals surface area (Å²) < 4.78 is 46.2. The summed E-state index contributed by atoms with van der Waals surface area (Å²) in [6.07, 6.45) is -3.51. The number of benzene rings is 1. The van der Waals surface area contributed by atoms with Gasteiger partial charge < -0.3 is 14.1 Å². The van der Waals surface area contributed by atoms with Gasteiger partial charge in [0.15, 0.2) is 0 Å². The number of aromatic nitrogens is 2. The van der Waals surface area contributed by atoms with Gasteiger partial charge in [0.05, 0.1) is 0 Å². The van der Waals surface area contributed by atoms with Crippen molar-refractivity contribution in [2.75, 3.05) is 7.11 Å². The number of hydrogen-bond acceptors (Lipinski definition) is 6. The summed E-state index contributed by atoms with van der Waals surface area (Å²) in [7, 11) is 1.38. The first-order valence-electron chi connectivity index (χ1n) is 5.67. The monoisotopic (exact) mass is 301 g/mol. The number of alkyl halides is 3. The Balaban J connectivity index is 2.05. The normalized spacial score (nSPS) is 11.8. The molecule has 2 aromatic rings. The second-order valence-electron chi connectivity index (χ2n) is 3.82. The molecular weight excluding hydrogens is 291 g/mol. The van der Waals surface area contributed by atoms with E-state index in [0.29, 0.717) is 5.56 Å². The zero-order valence-corrected chi connectivity index (χ0v) is 10.8. The lowest BCUT2D eigenvalue weighted by atomic mass is 10.1. The number of nitrogens with zero attached hydrogens (tertiary/aromatic N) is 3. The van der Waals surface area contributed by atoms with E-state index in [2.05, 4.69) is 24.7 Å². The Kier molecular flexibility index (Phi) is 4.41. The van der Waals surface area contributed by atoms with Crippen LogP contribution in [0.4, 0.5) is 13.2 Å². The summed E-state index contributed by atoms with van der Waals surface area (Å²) in [6, 6.07) is 6.47. The van der Waals surface area contributed by atoms with Crippen LogP contribution in [0.5, 0.6) is 0 Å². The molecule has 1 aromatic carbocycles. The average Bonchev–Trinajstić information content (AvgIpc) is 2.94. The van der Waals surface area contributed by atoms with Gasteiger partial charge in [0.1, 0.15) is 13.7 Å². The molecule has 0 aliphatic carbocycles. The van der Waals surface area contributed by atoms with Gasteiger partial charge in [0, 0.05) is 5.56 Å². The molecule has 0 saturated carbocycles. The van der Waals surface area contributed by atoms with E-state index in [1.54, 1.807) is 24.3 Å². The van der Waals surface area contributed by atoms with Gasteiger partial charge in [-0.1, -0.05) is 34.6 Å². The summed E-state index contributed by atoms with van der Waals surface area (Å²) in [6.45, 7) is 0.243. The molecule has 0 aliphatic rings. The Morgan fingerprint density at radius 2 is 2.00 bits per heavy atom. The zero-order chi connectivity index (χ0) is 15.3. The van der Waals surface area contributed by atoms with E-state index in [-0.39, 0.29) is 12.4 Å². The molecule has 0 bridgehead atoms. The molecule has 6 nitrogen and oxygen atoms in total. The third kappa shape index (κ3) is 3.94. The molecular formula is C12H10F3N3O3. The molecule has 0 unspecified atom stereocenters. The third-order valence-electron chi connectivity index (χ3n) is 2.35. The van der Waals surface area contributed by atoms with Crippen LogP contribution in [-0.4, -0.2) is 23.7 Å². The molecule has 0 radical (unpaired) electrons. The van der Waals surface area contributed by atoms with Crippen LogP contribution in [0.25, 0.3) is 11.4 Å². The molecule has 0 aliphatic heterocycles. The second kappa shape index (κ2) is 6.25. The highest BCUT2D eigenvalue weighted by Gasteiger charge is 2.38. The third-order valence-corrected chi connectivity index (χ3v) is 2.35. The molecule has 2 rings (SSSR count). The van der Waals surface area contributed by atoms with Crippen molar-refractivity contribution in [2.45, 2.75) is 12.8 Å². The predicted molar refractivity (Wildman–Crippen MR) is 65.0 cm³/mol. The van der Waals surface area contributed by atoms with E-state index < -0.39 is 12.1 Å². The van der Waals surface area contributed by atoms with E-state index in [9.17, 15) is 13.2 Å². The van der Waals surface area contributed by atoms with Gasteiger partial charge in [0.25, 0.3) is 0 Å². The van der Waals surface area contributed by atoms with E-state index in [1.165, 1.54) is 7.11 Å². The van der Waals surface area contributed by atoms with Gasteiger partial charge in [-0.15, -0.1) is 0 Å². The van der Waals surface area contributed by atoms with Gasteiger partial charge in [-0.3, -0.25) is 0 Å². The van der Waals surface area contributed by atoms with Crippen molar-refractivity contribution in [3.05, 3.63) is 35.7 Å². The van der Waals surface area contributed by atoms with Gasteiger partial charge in [-0.2, -0.15) is 18.2 Å². The van der Waals surface area contributed by atoms with Crippen molar-refractivity contribution in [1.29, 1.82) is 0 Å². The smallest absolute Gasteiger partial charge is 0.471 e. The molecule has 21 heavy (non-hydrogen) atoms. The lowest BCUT2D eigenvalue weighted by molar-refractivity contribution is -0.159. The van der Waals surface area contributed by atoms with Crippen LogP contribution in [-0.2, 0) is 22.4 Å². The fourth-order valence-corrected chi connectivity index (χ4v) is 1.41. The van der Waals surface area contributed by atoms with E-state index in [1.807, 2.05) is 0 Å². The fraction of sp³-hybridized carbons (Fsp3) is 0.250. The minimum Gasteiger partial charge on any atom is -0.476 e. The van der Waals surface area contributed by atoms with Crippen molar-refractivity contribution >= 4 is 6.40 Å². The maximum atomic E-state index is 12.3. The molecule has 0 saturated heterocycles. The fourth-order valence-electron chi connectivity index (χ4n) is 1.41. The van der Waals surface area contributed by atoms with E-state index in [4.69, 9.17) is 4.74 Å². The first kappa shape index (κ1) is 14.8. The lowest BCUT2D eigenvalue weighted by Crippen LogP contribution is -2.04. The van der Waals surface area contributed by atoms with Crippen molar-refractivity contribution in [3.8, 4) is 11.4 Å². The Labute approximate surface area is 117 Å². The maximum Gasteiger partial charge on any atom is 0.471 e. The number of halogens is 3. The number of oxime groups is 1. The molecule has 0 fully saturated rings. The highest BCUT2D eigenvalue weighted by molar-refractivity contribution is 5.54. The predicted octanol–water partition coefficient (Wildman–Crippen LogP) is 2.86. The first-order valence-corrected chi connectivity index (χ1v) is 5.67. The summed E-state index contributed by atoms with van der Waals surface area (Å²) >= 11 is 0. The first-order chi connectivity index (χ1) is 10.0. The Hall–Kier alpha value is -2.58. The van der Waals surface area contributed by atoms with Crippen LogP contribution in [0.2, 0.25) is 0 Å². The van der Waals surface area contributed by atoms with Crippen molar-refractivity contribution < 1.29 is 27.3 Å². The lowest BCUT2D eigenvalue weighted by Gasteiger charge is -2.01. The number of rotatable bonds is 5. The molecule has 0 amide bonds. The molecule has 1 aromatic heterocycles. The van der Waals surface area contributed by atoms with Crippen molar-refractivity contribution in [2.24, 2.45) is 5.16 Å². The van der Waals surface area contributed by atoms with E-state index in [0.717, 1.165) is 12.0 Å². The van der Waals surface area contributed by atoms with Crippen LogP contribution >= 0.6 is 0 Å². The van der Waals surface area contributed by atoms with Crippen LogP contribution in [0.3, 0.4) is 0 Å². The summed E-state index contributed by atoms with van der Waals surface area (Å²) in [4.78, 5) is 7.71. The quantitative estimate of drug-likeness (QED) is 0.482. The van der Waals surface area contributed by atoms with Gasteiger partial charge in [-0.05, 0) is 5.56 Å². The second-order valence-corrected chi connectivity index (χ2v) is 3.82. The minimum absolute atomic E-state index is 0.129. The van der Waals surface area contributed by atoms with Crippen LogP contribution in [0, 0.1) is 0 Å². The largest absolute Gasteiger partial charge is 0.476 e. The molecule has 1 heterocycles. The van der Waals surface area contributed by atoms with Crippen LogP contribution < -0.4 is 0 Å². The highest BCUT2D eigenvalue weighted by Crippen LogP contribution is 2.29. The van der Waals surface area contributed by atoms with Crippen LogP contribution in [0.15, 0.2) is 33.9 Å². The summed E-state index contributed by atoms with van der Waals surface area (Å²) in [5.74, 6) is -1.50. The minimum atomic E-state index is -4.65. The molecule has 112 valence electrons. The van der Waals surface area contributed by atoms with Crippen molar-refractivity contribution in [1.82, 2.24) is 10.1 Å². The van der Waals surface area contributed by atoms with Crippen molar-refractivity contribution in [3.63, 3.8) is 0 Å². The molecule has 0 spiro atoms.